The molecule has 132 valence electrons. The summed E-state index contributed by atoms with van der Waals surface area (Å²) in [7, 11) is 0. The zero-order valence-corrected chi connectivity index (χ0v) is 14.9. The number of hydrogen-bond donors (Lipinski definition) is 1. The van der Waals surface area contributed by atoms with Gasteiger partial charge >= 0.3 is 5.97 Å². The van der Waals surface area contributed by atoms with Crippen molar-refractivity contribution < 1.29 is 14.7 Å². The number of carboxylic acids is 1. The molecule has 0 aliphatic carbocycles. The van der Waals surface area contributed by atoms with Crippen molar-refractivity contribution in [1.29, 1.82) is 0 Å². The van der Waals surface area contributed by atoms with Crippen LogP contribution in [0, 0.1) is 6.92 Å². The highest BCUT2D eigenvalue weighted by Crippen LogP contribution is 2.20. The smallest absolute Gasteiger partial charge is 0.335 e. The van der Waals surface area contributed by atoms with E-state index in [-0.39, 0.29) is 5.78 Å². The van der Waals surface area contributed by atoms with Crippen molar-refractivity contribution in [2.24, 2.45) is 0 Å². The summed E-state index contributed by atoms with van der Waals surface area (Å²) in [4.78, 5) is 23.7. The van der Waals surface area contributed by atoms with Crippen LogP contribution in [0.4, 0.5) is 5.69 Å². The van der Waals surface area contributed by atoms with Crippen LogP contribution < -0.4 is 4.90 Å². The zero-order valence-electron chi connectivity index (χ0n) is 14.9. The molecule has 1 aliphatic heterocycles. The van der Waals surface area contributed by atoms with Crippen LogP contribution >= 0.6 is 0 Å². The number of hydrogen-bond acceptors (Lipinski definition) is 3. The van der Waals surface area contributed by atoms with Crippen molar-refractivity contribution in [2.45, 2.75) is 33.1 Å². The maximum absolute atomic E-state index is 10.9. The quantitative estimate of drug-likeness (QED) is 0.911. The Morgan fingerprint density at radius 1 is 0.960 bits per heavy atom. The largest absolute Gasteiger partial charge is 0.478 e. The lowest BCUT2D eigenvalue weighted by Gasteiger charge is -2.17. The molecule has 1 saturated heterocycles. The van der Waals surface area contributed by atoms with E-state index in [1.807, 2.05) is 6.92 Å². The summed E-state index contributed by atoms with van der Waals surface area (Å²) in [5.74, 6) is -0.649. The van der Waals surface area contributed by atoms with Gasteiger partial charge in [0.05, 0.1) is 5.56 Å². The molecule has 0 spiro atoms. The molecule has 4 heteroatoms. The second-order valence-electron chi connectivity index (χ2n) is 6.41. The van der Waals surface area contributed by atoms with E-state index < -0.39 is 5.97 Å². The number of rotatable bonds is 4. The SMILES string of the molecule is CC(=O)Cc1ccc(N2CCCC2)cc1.Cc1ccc(C(=O)O)cc1. The highest BCUT2D eigenvalue weighted by atomic mass is 16.4. The molecule has 0 radical (unpaired) electrons. The average molecular weight is 339 g/mol. The monoisotopic (exact) mass is 339 g/mol. The minimum atomic E-state index is -0.875. The molecule has 0 bridgehead atoms. The van der Waals surface area contributed by atoms with Gasteiger partial charge in [-0.2, -0.15) is 0 Å². The maximum atomic E-state index is 10.9. The zero-order chi connectivity index (χ0) is 18.2. The molecule has 0 aromatic heterocycles. The predicted molar refractivity (Wildman–Crippen MR) is 100 cm³/mol. The molecule has 1 N–H and O–H groups in total. The van der Waals surface area contributed by atoms with E-state index in [1.165, 1.54) is 31.6 Å². The van der Waals surface area contributed by atoms with Crippen LogP contribution in [0.25, 0.3) is 0 Å². The molecular formula is C21H25NO3. The lowest BCUT2D eigenvalue weighted by molar-refractivity contribution is -0.116. The second kappa shape index (κ2) is 9.02. The first-order chi connectivity index (χ1) is 12.0. The third-order valence-electron chi connectivity index (χ3n) is 4.16. The number of carbonyl (C=O) groups excluding carboxylic acids is 1. The molecule has 1 fully saturated rings. The Labute approximate surface area is 149 Å². The predicted octanol–water partition coefficient (Wildman–Crippen LogP) is 4.11. The summed E-state index contributed by atoms with van der Waals surface area (Å²) in [6.07, 6.45) is 3.16. The molecule has 1 aliphatic rings. The highest BCUT2D eigenvalue weighted by Gasteiger charge is 2.11. The summed E-state index contributed by atoms with van der Waals surface area (Å²) >= 11 is 0. The van der Waals surface area contributed by atoms with Gasteiger partial charge in [0.15, 0.2) is 0 Å². The molecular weight excluding hydrogens is 314 g/mol. The number of aryl methyl sites for hydroxylation is 1. The van der Waals surface area contributed by atoms with Crippen LogP contribution in [0.15, 0.2) is 48.5 Å². The number of ketones is 1. The fourth-order valence-corrected chi connectivity index (χ4v) is 2.78. The van der Waals surface area contributed by atoms with Crippen LogP contribution in [0.1, 0.15) is 41.3 Å². The summed E-state index contributed by atoms with van der Waals surface area (Å²) in [6, 6.07) is 15.1. The van der Waals surface area contributed by atoms with Gasteiger partial charge in [-0.1, -0.05) is 29.8 Å². The number of benzene rings is 2. The fraction of sp³-hybridized carbons (Fsp3) is 0.333. The van der Waals surface area contributed by atoms with Crippen LogP contribution in [0.5, 0.6) is 0 Å². The summed E-state index contributed by atoms with van der Waals surface area (Å²) in [5, 5.41) is 8.48. The first kappa shape index (κ1) is 18.7. The minimum absolute atomic E-state index is 0.226. The first-order valence-electron chi connectivity index (χ1n) is 8.59. The van der Waals surface area contributed by atoms with E-state index in [4.69, 9.17) is 5.11 Å². The third-order valence-corrected chi connectivity index (χ3v) is 4.16. The lowest BCUT2D eigenvalue weighted by Crippen LogP contribution is -2.17. The number of nitrogens with zero attached hydrogens (tertiary/aromatic N) is 1. The van der Waals surface area contributed by atoms with Crippen molar-refractivity contribution in [3.05, 3.63) is 65.2 Å². The third kappa shape index (κ3) is 6.07. The molecule has 25 heavy (non-hydrogen) atoms. The summed E-state index contributed by atoms with van der Waals surface area (Å²) in [5.41, 5.74) is 3.82. The van der Waals surface area contributed by atoms with Crippen LogP contribution in [-0.2, 0) is 11.2 Å². The Balaban J connectivity index is 0.000000196. The normalized spacial score (nSPS) is 13.1. The van der Waals surface area contributed by atoms with Gasteiger partial charge < -0.3 is 10.0 Å². The Kier molecular flexibility index (Phi) is 6.75. The number of aromatic carboxylic acids is 1. The Morgan fingerprint density at radius 3 is 2.00 bits per heavy atom. The standard InChI is InChI=1S/C13H17NO.C8H8O2/c1-11(15)10-12-4-6-13(7-5-12)14-8-2-3-9-14;1-6-2-4-7(5-3-6)8(9)10/h4-7H,2-3,8-10H2,1H3;2-5H,1H3,(H,9,10). The number of carboxylic acid groups (broad SMARTS) is 1. The van der Waals surface area contributed by atoms with Crippen molar-refractivity contribution in [2.75, 3.05) is 18.0 Å². The van der Waals surface area contributed by atoms with Gasteiger partial charge in [-0.3, -0.25) is 4.79 Å². The number of anilines is 1. The molecule has 0 atom stereocenters. The van der Waals surface area contributed by atoms with Gasteiger partial charge in [0.1, 0.15) is 5.78 Å². The molecule has 0 unspecified atom stereocenters. The van der Waals surface area contributed by atoms with Crippen LogP contribution in [0.3, 0.4) is 0 Å². The van der Waals surface area contributed by atoms with Crippen LogP contribution in [0.2, 0.25) is 0 Å². The number of Topliss-reactive ketones (excluding diaryl/α,β-unsaturated/α-hetero) is 1. The Bertz CT molecular complexity index is 699. The molecule has 0 amide bonds. The van der Waals surface area contributed by atoms with E-state index in [2.05, 4.69) is 29.2 Å². The number of carbonyl (C=O) groups is 2. The molecule has 4 nitrogen and oxygen atoms in total. The fourth-order valence-electron chi connectivity index (χ4n) is 2.78. The van der Waals surface area contributed by atoms with Gasteiger partial charge in [0.2, 0.25) is 0 Å². The Hall–Kier alpha value is -2.62. The van der Waals surface area contributed by atoms with E-state index in [1.54, 1.807) is 31.2 Å². The lowest BCUT2D eigenvalue weighted by atomic mass is 10.1. The van der Waals surface area contributed by atoms with E-state index >= 15 is 0 Å². The van der Waals surface area contributed by atoms with E-state index in [0.717, 1.165) is 11.1 Å². The van der Waals surface area contributed by atoms with Gasteiger partial charge in [-0.25, -0.2) is 4.79 Å². The van der Waals surface area contributed by atoms with Gasteiger partial charge in [-0.05, 0) is 56.5 Å². The highest BCUT2D eigenvalue weighted by molar-refractivity contribution is 5.87. The minimum Gasteiger partial charge on any atom is -0.478 e. The second-order valence-corrected chi connectivity index (χ2v) is 6.41. The van der Waals surface area contributed by atoms with Crippen molar-refractivity contribution in [3.8, 4) is 0 Å². The summed E-state index contributed by atoms with van der Waals surface area (Å²) < 4.78 is 0. The van der Waals surface area contributed by atoms with Crippen molar-refractivity contribution in [3.63, 3.8) is 0 Å². The van der Waals surface area contributed by atoms with E-state index in [0.29, 0.717) is 12.0 Å². The maximum Gasteiger partial charge on any atom is 0.335 e. The molecule has 2 aromatic rings. The molecule has 3 rings (SSSR count). The average Bonchev–Trinajstić information content (AvgIpc) is 3.10. The van der Waals surface area contributed by atoms with Gasteiger partial charge in [0.25, 0.3) is 0 Å². The van der Waals surface area contributed by atoms with Crippen molar-refractivity contribution in [1.82, 2.24) is 0 Å². The molecule has 1 heterocycles. The van der Waals surface area contributed by atoms with Crippen molar-refractivity contribution >= 4 is 17.4 Å². The first-order valence-corrected chi connectivity index (χ1v) is 8.59. The Morgan fingerprint density at radius 2 is 1.52 bits per heavy atom. The summed E-state index contributed by atoms with van der Waals surface area (Å²) in [6.45, 7) is 5.90. The topological polar surface area (TPSA) is 57.6 Å². The van der Waals surface area contributed by atoms with Gasteiger partial charge in [0, 0.05) is 25.2 Å². The van der Waals surface area contributed by atoms with Gasteiger partial charge in [-0.15, -0.1) is 0 Å². The molecule has 0 saturated carbocycles. The molecule has 2 aromatic carbocycles. The van der Waals surface area contributed by atoms with E-state index in [9.17, 15) is 9.59 Å². The van der Waals surface area contributed by atoms with Crippen LogP contribution in [-0.4, -0.2) is 29.9 Å².